The van der Waals surface area contributed by atoms with Crippen LogP contribution in [0.2, 0.25) is 0 Å². The van der Waals surface area contributed by atoms with Crippen LogP contribution in [0.25, 0.3) is 0 Å². The number of rotatable bonds is 2. The summed E-state index contributed by atoms with van der Waals surface area (Å²) in [7, 11) is 0. The van der Waals surface area contributed by atoms with Crippen molar-refractivity contribution in [2.24, 2.45) is 0 Å². The molecule has 2 heteroatoms. The van der Waals surface area contributed by atoms with Gasteiger partial charge in [0.15, 0.2) is 0 Å². The number of hydrogen-bond acceptors (Lipinski definition) is 2. The van der Waals surface area contributed by atoms with Crippen molar-refractivity contribution in [3.63, 3.8) is 0 Å². The molecule has 0 N–H and O–H groups in total. The van der Waals surface area contributed by atoms with E-state index in [-0.39, 0.29) is 23.4 Å². The van der Waals surface area contributed by atoms with Gasteiger partial charge in [0.05, 0.1) is 0 Å². The molecule has 0 saturated carbocycles. The lowest BCUT2D eigenvalue weighted by Crippen LogP contribution is -2.47. The highest BCUT2D eigenvalue weighted by atomic mass is 16.5. The van der Waals surface area contributed by atoms with E-state index in [2.05, 4.69) is 67.6 Å². The van der Waals surface area contributed by atoms with Crippen LogP contribution in [0.15, 0.2) is 60.7 Å². The van der Waals surface area contributed by atoms with E-state index in [4.69, 9.17) is 4.74 Å². The zero-order valence-electron chi connectivity index (χ0n) is 13.5. The van der Waals surface area contributed by atoms with Gasteiger partial charge in [0.1, 0.15) is 6.10 Å². The second-order valence-electron chi connectivity index (χ2n) is 6.48. The molecule has 116 valence electrons. The highest BCUT2D eigenvalue weighted by Gasteiger charge is 2.52. The van der Waals surface area contributed by atoms with Gasteiger partial charge >= 0.3 is 5.97 Å². The summed E-state index contributed by atoms with van der Waals surface area (Å²) in [5.74, 6) is -0.0634. The van der Waals surface area contributed by atoms with Crippen LogP contribution in [0.1, 0.15) is 48.4 Å². The van der Waals surface area contributed by atoms with Crippen LogP contribution < -0.4 is 0 Å². The zero-order valence-corrected chi connectivity index (χ0v) is 13.5. The molecule has 0 fully saturated rings. The third kappa shape index (κ3) is 1.91. The van der Waals surface area contributed by atoms with Gasteiger partial charge in [0.2, 0.25) is 0 Å². The molecule has 0 saturated heterocycles. The third-order valence-corrected chi connectivity index (χ3v) is 5.22. The number of carbonyl (C=O) groups is 1. The van der Waals surface area contributed by atoms with Crippen molar-refractivity contribution in [3.05, 3.63) is 82.9 Å². The normalized spacial score (nSPS) is 27.6. The standard InChI is InChI=1S/C21H20O2/c1-3-12-21-13-19(23-14(2)22)20(15-8-4-6-10-17(15)21)16-9-5-7-11-18(16)21/h3-12,19-20H,13H2,1-2H3/b12-3-. The molecule has 2 bridgehead atoms. The smallest absolute Gasteiger partial charge is 0.302 e. The van der Waals surface area contributed by atoms with E-state index in [0.29, 0.717) is 0 Å². The Labute approximate surface area is 136 Å². The molecule has 0 aliphatic heterocycles. The molecule has 0 radical (unpaired) electrons. The van der Waals surface area contributed by atoms with E-state index < -0.39 is 0 Å². The molecule has 0 heterocycles. The Morgan fingerprint density at radius 1 is 1.09 bits per heavy atom. The minimum atomic E-state index is -0.201. The van der Waals surface area contributed by atoms with Gasteiger partial charge in [-0.1, -0.05) is 60.7 Å². The number of allylic oxidation sites excluding steroid dienone is 2. The fourth-order valence-corrected chi connectivity index (χ4v) is 4.57. The monoisotopic (exact) mass is 304 g/mol. The van der Waals surface area contributed by atoms with Crippen molar-refractivity contribution in [1.29, 1.82) is 0 Å². The van der Waals surface area contributed by atoms with Gasteiger partial charge in [-0.3, -0.25) is 4.79 Å². The summed E-state index contributed by atoms with van der Waals surface area (Å²) in [5.41, 5.74) is 5.09. The van der Waals surface area contributed by atoms with Gasteiger partial charge in [0, 0.05) is 24.7 Å². The van der Waals surface area contributed by atoms with E-state index in [1.807, 2.05) is 0 Å². The maximum absolute atomic E-state index is 11.6. The topological polar surface area (TPSA) is 26.3 Å². The largest absolute Gasteiger partial charge is 0.461 e. The quantitative estimate of drug-likeness (QED) is 0.610. The molecule has 0 aromatic heterocycles. The molecular formula is C21H20O2. The number of esters is 1. The van der Waals surface area contributed by atoms with Crippen molar-refractivity contribution < 1.29 is 9.53 Å². The Bertz CT molecular complexity index is 755. The average Bonchev–Trinajstić information content (AvgIpc) is 2.55. The van der Waals surface area contributed by atoms with Crippen LogP contribution in [0.3, 0.4) is 0 Å². The maximum atomic E-state index is 11.6. The Morgan fingerprint density at radius 2 is 1.65 bits per heavy atom. The average molecular weight is 304 g/mol. The molecule has 23 heavy (non-hydrogen) atoms. The highest BCUT2D eigenvalue weighted by molar-refractivity contribution is 5.68. The highest BCUT2D eigenvalue weighted by Crippen LogP contribution is 2.57. The molecule has 1 atom stereocenters. The lowest BCUT2D eigenvalue weighted by atomic mass is 9.54. The van der Waals surface area contributed by atoms with E-state index in [9.17, 15) is 4.79 Å². The van der Waals surface area contributed by atoms with Crippen molar-refractivity contribution in [1.82, 2.24) is 0 Å². The van der Waals surface area contributed by atoms with Gasteiger partial charge in [-0.15, -0.1) is 0 Å². The van der Waals surface area contributed by atoms with Gasteiger partial charge in [0.25, 0.3) is 0 Å². The lowest BCUT2D eigenvalue weighted by Gasteiger charge is -2.51. The Kier molecular flexibility index (Phi) is 3.15. The molecule has 2 aromatic carbocycles. The molecular weight excluding hydrogens is 284 g/mol. The summed E-state index contributed by atoms with van der Waals surface area (Å²) in [5, 5.41) is 0. The van der Waals surface area contributed by atoms with Gasteiger partial charge < -0.3 is 4.74 Å². The van der Waals surface area contributed by atoms with E-state index in [0.717, 1.165) is 6.42 Å². The van der Waals surface area contributed by atoms with Crippen LogP contribution >= 0.6 is 0 Å². The second kappa shape index (κ2) is 5.09. The number of fused-ring (bicyclic) bond motifs is 1. The molecule has 3 aliphatic carbocycles. The Hall–Kier alpha value is -2.35. The summed E-state index contributed by atoms with van der Waals surface area (Å²) < 4.78 is 5.74. The summed E-state index contributed by atoms with van der Waals surface area (Å²) >= 11 is 0. The first-order valence-corrected chi connectivity index (χ1v) is 8.17. The minimum Gasteiger partial charge on any atom is -0.461 e. The number of benzene rings is 2. The van der Waals surface area contributed by atoms with Gasteiger partial charge in [-0.05, 0) is 29.2 Å². The first-order valence-electron chi connectivity index (χ1n) is 8.17. The minimum absolute atomic E-state index is 0.103. The van der Waals surface area contributed by atoms with Crippen LogP contribution in [-0.2, 0) is 14.9 Å². The van der Waals surface area contributed by atoms with Crippen LogP contribution in [0.5, 0.6) is 0 Å². The third-order valence-electron chi connectivity index (χ3n) is 5.22. The number of carbonyl (C=O) groups excluding carboxylic acids is 1. The van der Waals surface area contributed by atoms with Crippen LogP contribution in [0.4, 0.5) is 0 Å². The summed E-state index contributed by atoms with van der Waals surface area (Å²) in [6.45, 7) is 3.56. The fourth-order valence-electron chi connectivity index (χ4n) is 4.57. The first kappa shape index (κ1) is 14.3. The molecule has 1 unspecified atom stereocenters. The molecule has 2 nitrogen and oxygen atoms in total. The fraction of sp³-hybridized carbons (Fsp3) is 0.286. The molecule has 0 amide bonds. The summed E-state index contributed by atoms with van der Waals surface area (Å²) in [6.07, 6.45) is 5.10. The van der Waals surface area contributed by atoms with E-state index in [1.54, 1.807) is 0 Å². The summed E-state index contributed by atoms with van der Waals surface area (Å²) in [6, 6.07) is 17.2. The predicted octanol–water partition coefficient (Wildman–Crippen LogP) is 4.33. The SMILES string of the molecule is C/C=C\C12CC(OC(C)=O)C(c3ccccc31)c1ccccc12. The Morgan fingerprint density at radius 3 is 2.17 bits per heavy atom. The number of hydrogen-bond donors (Lipinski definition) is 0. The molecule has 5 rings (SSSR count). The van der Waals surface area contributed by atoms with Crippen LogP contribution in [0, 0.1) is 0 Å². The number of ether oxygens (including phenoxy) is 1. The molecule has 0 spiro atoms. The lowest BCUT2D eigenvalue weighted by molar-refractivity contribution is -0.148. The van der Waals surface area contributed by atoms with Crippen molar-refractivity contribution >= 4 is 5.97 Å². The second-order valence-corrected chi connectivity index (χ2v) is 6.48. The van der Waals surface area contributed by atoms with Gasteiger partial charge in [-0.2, -0.15) is 0 Å². The zero-order chi connectivity index (χ0) is 16.0. The van der Waals surface area contributed by atoms with Crippen LogP contribution in [-0.4, -0.2) is 12.1 Å². The first-order chi connectivity index (χ1) is 11.2. The maximum Gasteiger partial charge on any atom is 0.302 e. The van der Waals surface area contributed by atoms with E-state index in [1.165, 1.54) is 29.2 Å². The van der Waals surface area contributed by atoms with E-state index >= 15 is 0 Å². The summed E-state index contributed by atoms with van der Waals surface area (Å²) in [4.78, 5) is 11.6. The molecule has 2 aromatic rings. The van der Waals surface area contributed by atoms with Crippen molar-refractivity contribution in [3.8, 4) is 0 Å². The predicted molar refractivity (Wildman–Crippen MR) is 90.5 cm³/mol. The van der Waals surface area contributed by atoms with Gasteiger partial charge in [-0.25, -0.2) is 0 Å². The molecule has 3 aliphatic rings. The Balaban J connectivity index is 2.02. The van der Waals surface area contributed by atoms with Crippen molar-refractivity contribution in [2.75, 3.05) is 0 Å². The van der Waals surface area contributed by atoms with Crippen molar-refractivity contribution in [2.45, 2.75) is 37.7 Å².